The van der Waals surface area contributed by atoms with Crippen LogP contribution in [-0.2, 0) is 21.7 Å². The number of nitrogens with zero attached hydrogens (tertiary/aromatic N) is 3. The van der Waals surface area contributed by atoms with E-state index in [2.05, 4.69) is 213 Å². The SMILES string of the molecule is CC(C)(C)c1ccc2c(c1)Oc1c(C(C)(C)C)cc3c4c1N2c1cc(-n2c5ccccc5c5ccccc52)cc2c1[Si]4(C)c1c(cc(C(C)(C)C)c4c1N2c1ccc(C(C)(C)C)cc1O4)O3. The van der Waals surface area contributed by atoms with Gasteiger partial charge < -0.3 is 28.6 Å². The Hall–Kier alpha value is -6.44. The molecule has 330 valence electrons. The van der Waals surface area contributed by atoms with E-state index in [0.29, 0.717) is 0 Å². The van der Waals surface area contributed by atoms with Gasteiger partial charge in [-0.25, -0.2) is 0 Å². The summed E-state index contributed by atoms with van der Waals surface area (Å²) >= 11 is 0. The van der Waals surface area contributed by atoms with Gasteiger partial charge in [0.2, 0.25) is 0 Å². The molecule has 5 aliphatic rings. The summed E-state index contributed by atoms with van der Waals surface area (Å²) in [4.78, 5) is 5.13. The second-order valence-corrected chi connectivity index (χ2v) is 27.4. The molecule has 0 atom stereocenters. The largest absolute Gasteiger partial charge is 0.457 e. The number of hydrogen-bond acceptors (Lipinski definition) is 5. The van der Waals surface area contributed by atoms with Gasteiger partial charge in [0.25, 0.3) is 0 Å². The van der Waals surface area contributed by atoms with Gasteiger partial charge in [0.1, 0.15) is 11.5 Å². The minimum absolute atomic E-state index is 0.0709. The van der Waals surface area contributed by atoms with Crippen LogP contribution in [0.15, 0.2) is 109 Å². The highest BCUT2D eigenvalue weighted by Crippen LogP contribution is 2.64. The Morgan fingerprint density at radius 3 is 1.24 bits per heavy atom. The lowest BCUT2D eigenvalue weighted by Crippen LogP contribution is -2.73. The lowest BCUT2D eigenvalue weighted by Gasteiger charge is -2.54. The molecule has 0 saturated heterocycles. The van der Waals surface area contributed by atoms with Crippen LogP contribution in [0.5, 0.6) is 34.5 Å². The van der Waals surface area contributed by atoms with Crippen molar-refractivity contribution in [3.8, 4) is 40.2 Å². The zero-order chi connectivity index (χ0) is 45.9. The van der Waals surface area contributed by atoms with Gasteiger partial charge in [0.15, 0.2) is 31.1 Å². The highest BCUT2D eigenvalue weighted by atomic mass is 28.3. The van der Waals surface area contributed by atoms with Gasteiger partial charge in [0.05, 0.1) is 50.8 Å². The van der Waals surface area contributed by atoms with Crippen molar-refractivity contribution in [3.05, 3.63) is 131 Å². The highest BCUT2D eigenvalue weighted by molar-refractivity contribution is 7.15. The highest BCUT2D eigenvalue weighted by Gasteiger charge is 2.60. The van der Waals surface area contributed by atoms with Crippen LogP contribution < -0.4 is 39.6 Å². The standard InChI is InChI=1S/C59H57N3O3Si/c1-56(2,3)32-22-24-41-45(26-32)64-51-37(58(7,8)9)30-47-54-49(51)61(41)43-28-34(60-39-20-16-14-18-35(39)36-19-15-17-21-40(36)60)29-44-53(43)66(54,13)55-48(63-47)31-38(59(10,11)12)52-50(55)62(44)42-25-23-33(57(4,5)6)27-46(42)65-52/h14-31H,1-13H3. The average Bonchev–Trinajstić information content (AvgIpc) is 3.59. The third-order valence-corrected chi connectivity index (χ3v) is 19.7. The first-order valence-corrected chi connectivity index (χ1v) is 26.2. The van der Waals surface area contributed by atoms with Crippen molar-refractivity contribution in [2.45, 2.75) is 111 Å². The minimum atomic E-state index is -3.00. The predicted molar refractivity (Wildman–Crippen MR) is 276 cm³/mol. The van der Waals surface area contributed by atoms with Crippen LogP contribution in [0.1, 0.15) is 105 Å². The van der Waals surface area contributed by atoms with Gasteiger partial charge in [0, 0.05) is 32.3 Å². The number of rotatable bonds is 1. The molecule has 0 unspecified atom stereocenters. The van der Waals surface area contributed by atoms with Crippen LogP contribution in [0.4, 0.5) is 34.1 Å². The van der Waals surface area contributed by atoms with Crippen LogP contribution in [-0.4, -0.2) is 12.6 Å². The lowest BCUT2D eigenvalue weighted by atomic mass is 9.84. The lowest BCUT2D eigenvalue weighted by molar-refractivity contribution is 0.434. The molecule has 5 aliphatic heterocycles. The number of anilines is 6. The van der Waals surface area contributed by atoms with Gasteiger partial charge >= 0.3 is 0 Å². The summed E-state index contributed by atoms with van der Waals surface area (Å²) in [5, 5.41) is 6.38. The third kappa shape index (κ3) is 5.02. The van der Waals surface area contributed by atoms with E-state index in [4.69, 9.17) is 14.2 Å². The van der Waals surface area contributed by atoms with Crippen molar-refractivity contribution in [1.29, 1.82) is 0 Å². The number of fused-ring (bicyclic) bond motifs is 9. The molecule has 0 N–H and O–H groups in total. The number of ether oxygens (including phenoxy) is 3. The molecule has 0 amide bonds. The maximum atomic E-state index is 7.48. The molecule has 0 fully saturated rings. The second-order valence-electron chi connectivity index (χ2n) is 23.6. The van der Waals surface area contributed by atoms with Crippen LogP contribution in [0.3, 0.4) is 0 Å². The normalized spacial score (nSPS) is 15.8. The Morgan fingerprint density at radius 1 is 0.409 bits per heavy atom. The zero-order valence-electron chi connectivity index (χ0n) is 40.5. The Balaban J connectivity index is 1.24. The molecule has 6 heterocycles. The number of benzene rings is 7. The molecular weight excluding hydrogens is 827 g/mol. The predicted octanol–water partition coefficient (Wildman–Crippen LogP) is 15.0. The fraction of sp³-hybridized carbons (Fsp3) is 0.288. The summed E-state index contributed by atoms with van der Waals surface area (Å²) in [5.41, 5.74) is 14.2. The van der Waals surface area contributed by atoms with E-state index in [1.807, 2.05) is 0 Å². The maximum Gasteiger partial charge on any atom is 0.166 e. The first-order valence-electron chi connectivity index (χ1n) is 23.7. The van der Waals surface area contributed by atoms with Gasteiger partial charge in [-0.1, -0.05) is 138 Å². The molecule has 0 aliphatic carbocycles. The summed E-state index contributed by atoms with van der Waals surface area (Å²) in [6.07, 6.45) is 0. The van der Waals surface area contributed by atoms with E-state index in [1.165, 1.54) is 59.9 Å². The maximum absolute atomic E-state index is 7.48. The second kappa shape index (κ2) is 12.3. The van der Waals surface area contributed by atoms with Gasteiger partial charge in [-0.2, -0.15) is 0 Å². The molecular formula is C59H57N3O3Si. The third-order valence-electron chi connectivity index (χ3n) is 15.2. The van der Waals surface area contributed by atoms with Crippen molar-refractivity contribution >= 4 is 79.6 Å². The summed E-state index contributed by atoms with van der Waals surface area (Å²) in [6.45, 7) is 30.0. The smallest absolute Gasteiger partial charge is 0.166 e. The monoisotopic (exact) mass is 883 g/mol. The van der Waals surface area contributed by atoms with E-state index in [1.54, 1.807) is 0 Å². The number of para-hydroxylation sites is 2. The zero-order valence-corrected chi connectivity index (χ0v) is 41.5. The Morgan fingerprint density at radius 2 is 0.833 bits per heavy atom. The summed E-state index contributed by atoms with van der Waals surface area (Å²) < 4.78 is 24.8. The molecule has 7 aromatic carbocycles. The number of aromatic nitrogens is 1. The van der Waals surface area contributed by atoms with Crippen LogP contribution in [0.2, 0.25) is 6.55 Å². The molecule has 0 bridgehead atoms. The molecule has 8 aromatic rings. The van der Waals surface area contributed by atoms with E-state index < -0.39 is 8.07 Å². The molecule has 7 heteroatoms. The van der Waals surface area contributed by atoms with Gasteiger partial charge in [-0.3, -0.25) is 0 Å². The van der Waals surface area contributed by atoms with Crippen molar-refractivity contribution in [2.24, 2.45) is 0 Å². The topological polar surface area (TPSA) is 39.1 Å². The van der Waals surface area contributed by atoms with Crippen LogP contribution in [0, 0.1) is 0 Å². The first kappa shape index (κ1) is 39.9. The van der Waals surface area contributed by atoms with Crippen LogP contribution >= 0.6 is 0 Å². The fourth-order valence-corrected chi connectivity index (χ4v) is 16.6. The molecule has 0 radical (unpaired) electrons. The fourth-order valence-electron chi connectivity index (χ4n) is 11.9. The summed E-state index contributed by atoms with van der Waals surface area (Å²) in [6, 6.07) is 41.1. The van der Waals surface area contributed by atoms with Crippen molar-refractivity contribution in [2.75, 3.05) is 9.80 Å². The first-order chi connectivity index (χ1) is 31.1. The van der Waals surface area contributed by atoms with Gasteiger partial charge in [-0.15, -0.1) is 0 Å². The molecule has 0 saturated carbocycles. The summed E-state index contributed by atoms with van der Waals surface area (Å²) in [7, 11) is -3.00. The minimum Gasteiger partial charge on any atom is -0.457 e. The van der Waals surface area contributed by atoms with Gasteiger partial charge in [-0.05, 0) is 98.6 Å². The van der Waals surface area contributed by atoms with E-state index in [-0.39, 0.29) is 21.7 Å². The molecule has 66 heavy (non-hydrogen) atoms. The van der Waals surface area contributed by atoms with E-state index in [9.17, 15) is 0 Å². The van der Waals surface area contributed by atoms with Crippen molar-refractivity contribution < 1.29 is 14.2 Å². The molecule has 0 spiro atoms. The Labute approximate surface area is 389 Å². The Kier molecular flexibility index (Phi) is 7.44. The average molecular weight is 884 g/mol. The van der Waals surface area contributed by atoms with E-state index >= 15 is 0 Å². The molecule has 13 rings (SSSR count). The van der Waals surface area contributed by atoms with Crippen molar-refractivity contribution in [3.63, 3.8) is 0 Å². The molecule has 1 aromatic heterocycles. The number of hydrogen-bond donors (Lipinski definition) is 0. The quantitative estimate of drug-likeness (QED) is 0.154. The molecule has 6 nitrogen and oxygen atoms in total. The summed E-state index contributed by atoms with van der Waals surface area (Å²) in [5.74, 6) is 5.47. The van der Waals surface area contributed by atoms with Crippen molar-refractivity contribution in [1.82, 2.24) is 4.57 Å². The Bertz CT molecular complexity index is 3310. The van der Waals surface area contributed by atoms with Crippen LogP contribution in [0.25, 0.3) is 27.5 Å². The van der Waals surface area contributed by atoms with E-state index in [0.717, 1.165) is 74.1 Å².